The average Bonchev–Trinajstić information content (AvgIpc) is 3.19. The first-order chi connectivity index (χ1) is 11.2. The summed E-state index contributed by atoms with van der Waals surface area (Å²) < 4.78 is 2.14. The summed E-state index contributed by atoms with van der Waals surface area (Å²) in [5, 5.41) is 11.8. The van der Waals surface area contributed by atoms with E-state index < -0.39 is 0 Å². The zero-order valence-electron chi connectivity index (χ0n) is 12.2. The van der Waals surface area contributed by atoms with Crippen LogP contribution in [0.25, 0.3) is 10.7 Å². The van der Waals surface area contributed by atoms with Crippen molar-refractivity contribution in [3.63, 3.8) is 0 Å². The molecule has 8 heteroatoms. The first-order valence-electron chi connectivity index (χ1n) is 7.10. The third-order valence-electron chi connectivity index (χ3n) is 3.23. The Labute approximate surface area is 142 Å². The van der Waals surface area contributed by atoms with E-state index in [2.05, 4.69) is 20.5 Å². The third kappa shape index (κ3) is 3.91. The highest BCUT2D eigenvalue weighted by molar-refractivity contribution is 7.71. The fourth-order valence-corrected chi connectivity index (χ4v) is 3.05. The molecular formula is C15H15N5OS2. The standard InChI is InChI=1S/C15H15N5OS2/c21-13(17-8-6-11-4-1-2-7-16-11)10-20-14(18-19-15(20)22)12-5-3-9-23-12/h1-5,7,9H,6,8,10H2,(H,17,21)(H,19,22). The van der Waals surface area contributed by atoms with Crippen LogP contribution in [-0.4, -0.2) is 32.2 Å². The van der Waals surface area contributed by atoms with Gasteiger partial charge in [0, 0.05) is 24.9 Å². The molecule has 0 radical (unpaired) electrons. The Morgan fingerprint density at radius 3 is 3.00 bits per heavy atom. The Morgan fingerprint density at radius 1 is 1.35 bits per heavy atom. The van der Waals surface area contributed by atoms with Gasteiger partial charge in [0.1, 0.15) is 6.54 Å². The number of carbonyl (C=O) groups excluding carboxylic acids is 1. The van der Waals surface area contributed by atoms with Crippen LogP contribution in [-0.2, 0) is 17.8 Å². The molecule has 0 spiro atoms. The smallest absolute Gasteiger partial charge is 0.240 e. The summed E-state index contributed by atoms with van der Waals surface area (Å²) >= 11 is 6.77. The first-order valence-corrected chi connectivity index (χ1v) is 8.38. The monoisotopic (exact) mass is 345 g/mol. The molecule has 3 aromatic rings. The van der Waals surface area contributed by atoms with Crippen molar-refractivity contribution < 1.29 is 4.79 Å². The van der Waals surface area contributed by atoms with Gasteiger partial charge >= 0.3 is 0 Å². The summed E-state index contributed by atoms with van der Waals surface area (Å²) in [5.74, 6) is 0.584. The van der Waals surface area contributed by atoms with Crippen LogP contribution in [0.4, 0.5) is 0 Å². The molecule has 0 unspecified atom stereocenters. The number of thiophene rings is 1. The van der Waals surface area contributed by atoms with Gasteiger partial charge in [0.15, 0.2) is 10.6 Å². The number of pyridine rings is 1. The lowest BCUT2D eigenvalue weighted by molar-refractivity contribution is -0.121. The normalized spacial score (nSPS) is 10.6. The molecule has 0 saturated carbocycles. The summed E-state index contributed by atoms with van der Waals surface area (Å²) in [6.45, 7) is 0.681. The number of amides is 1. The number of carbonyl (C=O) groups is 1. The Kier molecular flexibility index (Phi) is 4.94. The van der Waals surface area contributed by atoms with E-state index in [1.807, 2.05) is 35.7 Å². The van der Waals surface area contributed by atoms with Gasteiger partial charge in [-0.25, -0.2) is 0 Å². The van der Waals surface area contributed by atoms with E-state index >= 15 is 0 Å². The number of nitrogens with one attached hydrogen (secondary N) is 2. The molecule has 3 rings (SSSR count). The molecule has 118 valence electrons. The predicted molar refractivity (Wildman–Crippen MR) is 91.7 cm³/mol. The third-order valence-corrected chi connectivity index (χ3v) is 4.41. The maximum Gasteiger partial charge on any atom is 0.240 e. The molecule has 3 aromatic heterocycles. The molecule has 0 aromatic carbocycles. The zero-order chi connectivity index (χ0) is 16.1. The van der Waals surface area contributed by atoms with E-state index in [4.69, 9.17) is 12.2 Å². The van der Waals surface area contributed by atoms with E-state index in [-0.39, 0.29) is 12.5 Å². The highest BCUT2D eigenvalue weighted by Crippen LogP contribution is 2.22. The Balaban J connectivity index is 1.60. The van der Waals surface area contributed by atoms with Gasteiger partial charge in [0.05, 0.1) is 4.88 Å². The van der Waals surface area contributed by atoms with Crippen LogP contribution in [0.1, 0.15) is 5.69 Å². The Bertz CT molecular complexity index is 823. The topological polar surface area (TPSA) is 75.6 Å². The van der Waals surface area contributed by atoms with Crippen molar-refractivity contribution in [1.29, 1.82) is 0 Å². The van der Waals surface area contributed by atoms with Gasteiger partial charge in [-0.3, -0.25) is 19.4 Å². The van der Waals surface area contributed by atoms with Crippen molar-refractivity contribution in [2.45, 2.75) is 13.0 Å². The molecule has 0 bridgehead atoms. The Hall–Kier alpha value is -2.32. The number of nitrogens with zero attached hydrogens (tertiary/aromatic N) is 3. The molecule has 3 heterocycles. The van der Waals surface area contributed by atoms with Gasteiger partial charge < -0.3 is 5.32 Å². The van der Waals surface area contributed by atoms with E-state index in [9.17, 15) is 4.79 Å². The first kappa shape index (κ1) is 15.6. The molecule has 0 atom stereocenters. The second kappa shape index (κ2) is 7.30. The second-order valence-electron chi connectivity index (χ2n) is 4.84. The summed E-state index contributed by atoms with van der Waals surface area (Å²) in [6, 6.07) is 9.63. The van der Waals surface area contributed by atoms with Crippen LogP contribution >= 0.6 is 23.6 Å². The number of hydrogen-bond acceptors (Lipinski definition) is 5. The van der Waals surface area contributed by atoms with Crippen molar-refractivity contribution in [2.24, 2.45) is 0 Å². The number of hydrogen-bond donors (Lipinski definition) is 2. The maximum absolute atomic E-state index is 12.1. The van der Waals surface area contributed by atoms with Crippen LogP contribution in [0.3, 0.4) is 0 Å². The Morgan fingerprint density at radius 2 is 2.26 bits per heavy atom. The number of aromatic amines is 1. The average molecular weight is 345 g/mol. The highest BCUT2D eigenvalue weighted by Gasteiger charge is 2.12. The molecule has 0 aliphatic carbocycles. The molecule has 0 aliphatic rings. The quantitative estimate of drug-likeness (QED) is 0.673. The van der Waals surface area contributed by atoms with Gasteiger partial charge in [0.2, 0.25) is 5.91 Å². The fraction of sp³-hybridized carbons (Fsp3) is 0.200. The molecule has 2 N–H and O–H groups in total. The van der Waals surface area contributed by atoms with Gasteiger partial charge in [-0.1, -0.05) is 12.1 Å². The number of rotatable bonds is 6. The summed E-state index contributed by atoms with van der Waals surface area (Å²) in [5.41, 5.74) is 0.951. The lowest BCUT2D eigenvalue weighted by Crippen LogP contribution is -2.29. The minimum absolute atomic E-state index is 0.101. The van der Waals surface area contributed by atoms with Crippen molar-refractivity contribution in [3.05, 3.63) is 52.4 Å². The lowest BCUT2D eigenvalue weighted by atomic mass is 10.3. The summed E-state index contributed by atoms with van der Waals surface area (Å²) in [6.07, 6.45) is 2.44. The lowest BCUT2D eigenvalue weighted by Gasteiger charge is -2.07. The van der Waals surface area contributed by atoms with Gasteiger partial charge in [-0.2, -0.15) is 5.10 Å². The highest BCUT2D eigenvalue weighted by atomic mass is 32.1. The molecule has 23 heavy (non-hydrogen) atoms. The molecule has 1 amide bonds. The minimum atomic E-state index is -0.101. The number of H-pyrrole nitrogens is 1. The van der Waals surface area contributed by atoms with E-state index in [0.717, 1.165) is 10.6 Å². The SMILES string of the molecule is O=C(Cn1c(-c2cccs2)n[nH]c1=S)NCCc1ccccn1. The van der Waals surface area contributed by atoms with Crippen molar-refractivity contribution in [1.82, 2.24) is 25.1 Å². The van der Waals surface area contributed by atoms with Crippen molar-refractivity contribution in [3.8, 4) is 10.7 Å². The largest absolute Gasteiger partial charge is 0.354 e. The number of aromatic nitrogens is 4. The molecular weight excluding hydrogens is 330 g/mol. The van der Waals surface area contributed by atoms with Gasteiger partial charge in [-0.05, 0) is 35.8 Å². The fourth-order valence-electron chi connectivity index (χ4n) is 2.13. The second-order valence-corrected chi connectivity index (χ2v) is 6.17. The molecule has 0 fully saturated rings. The predicted octanol–water partition coefficient (Wildman–Crippen LogP) is 2.42. The minimum Gasteiger partial charge on any atom is -0.354 e. The van der Waals surface area contributed by atoms with Crippen molar-refractivity contribution in [2.75, 3.05) is 6.54 Å². The van der Waals surface area contributed by atoms with Crippen molar-refractivity contribution >= 4 is 29.5 Å². The molecule has 0 saturated heterocycles. The van der Waals surface area contributed by atoms with E-state index in [0.29, 0.717) is 23.6 Å². The van der Waals surface area contributed by atoms with Crippen LogP contribution < -0.4 is 5.32 Å². The van der Waals surface area contributed by atoms with Crippen LogP contribution in [0, 0.1) is 4.77 Å². The van der Waals surface area contributed by atoms with Gasteiger partial charge in [-0.15, -0.1) is 11.3 Å². The molecule has 0 aliphatic heterocycles. The van der Waals surface area contributed by atoms with E-state index in [1.54, 1.807) is 22.1 Å². The van der Waals surface area contributed by atoms with E-state index in [1.165, 1.54) is 0 Å². The molecule has 6 nitrogen and oxygen atoms in total. The summed E-state index contributed by atoms with van der Waals surface area (Å²) in [7, 11) is 0. The summed E-state index contributed by atoms with van der Waals surface area (Å²) in [4.78, 5) is 17.3. The zero-order valence-corrected chi connectivity index (χ0v) is 13.9. The van der Waals surface area contributed by atoms with Gasteiger partial charge in [0.25, 0.3) is 0 Å². The van der Waals surface area contributed by atoms with Crippen LogP contribution in [0.15, 0.2) is 41.9 Å². The maximum atomic E-state index is 12.1. The van der Waals surface area contributed by atoms with Crippen LogP contribution in [0.2, 0.25) is 0 Å². The van der Waals surface area contributed by atoms with Crippen LogP contribution in [0.5, 0.6) is 0 Å².